The molecule has 0 aliphatic carbocycles. The van der Waals surface area contributed by atoms with Gasteiger partial charge in [-0.2, -0.15) is 26.3 Å². The third kappa shape index (κ3) is 3.79. The molecule has 1 aromatic heterocycles. The molecule has 2 rings (SSSR count). The van der Waals surface area contributed by atoms with Crippen molar-refractivity contribution >= 4 is 0 Å². The second-order valence-electron chi connectivity index (χ2n) is 4.55. The lowest BCUT2D eigenvalue weighted by atomic mass is 10.1. The zero-order valence-electron chi connectivity index (χ0n) is 10.9. The summed E-state index contributed by atoms with van der Waals surface area (Å²) < 4.78 is 75.9. The van der Waals surface area contributed by atoms with Crippen LogP contribution in [0.3, 0.4) is 0 Å². The summed E-state index contributed by atoms with van der Waals surface area (Å²) in [6.45, 7) is -1.86. The molecule has 0 radical (unpaired) electrons. The van der Waals surface area contributed by atoms with Gasteiger partial charge in [-0.25, -0.2) is 4.98 Å². The van der Waals surface area contributed by atoms with Crippen molar-refractivity contribution in [1.29, 1.82) is 0 Å². The van der Waals surface area contributed by atoms with Gasteiger partial charge in [-0.15, -0.1) is 0 Å². The van der Waals surface area contributed by atoms with Gasteiger partial charge >= 0.3 is 12.4 Å². The van der Waals surface area contributed by atoms with E-state index in [4.69, 9.17) is 5.11 Å². The first-order chi connectivity index (χ1) is 10.1. The topological polar surface area (TPSA) is 38.1 Å². The number of aromatic nitrogens is 2. The van der Waals surface area contributed by atoms with Crippen LogP contribution in [0.1, 0.15) is 11.3 Å². The summed E-state index contributed by atoms with van der Waals surface area (Å²) in [6, 6.07) is 5.41. The second kappa shape index (κ2) is 5.64. The molecule has 0 saturated heterocycles. The van der Waals surface area contributed by atoms with E-state index in [2.05, 4.69) is 4.98 Å². The van der Waals surface area contributed by atoms with Crippen LogP contribution < -0.4 is 0 Å². The molecule has 1 N–H and O–H groups in total. The highest BCUT2D eigenvalue weighted by Crippen LogP contribution is 2.32. The van der Waals surface area contributed by atoms with Gasteiger partial charge in [-0.1, -0.05) is 24.3 Å². The lowest BCUT2D eigenvalue weighted by molar-refractivity contribution is -0.144. The van der Waals surface area contributed by atoms with Gasteiger partial charge in [0.25, 0.3) is 0 Å². The Hall–Kier alpha value is -2.03. The highest BCUT2D eigenvalue weighted by atomic mass is 19.4. The Labute approximate surface area is 120 Å². The quantitative estimate of drug-likeness (QED) is 0.876. The molecule has 0 spiro atoms. The van der Waals surface area contributed by atoms with E-state index in [1.54, 1.807) is 0 Å². The summed E-state index contributed by atoms with van der Waals surface area (Å²) in [5.74, 6) is -0.436. The summed E-state index contributed by atoms with van der Waals surface area (Å²) >= 11 is 0. The zero-order chi connectivity index (χ0) is 16.5. The van der Waals surface area contributed by atoms with Crippen LogP contribution in [-0.2, 0) is 19.3 Å². The maximum atomic E-state index is 12.7. The van der Waals surface area contributed by atoms with Crippen molar-refractivity contribution in [2.45, 2.75) is 25.5 Å². The Balaban J connectivity index is 2.49. The van der Waals surface area contributed by atoms with E-state index >= 15 is 0 Å². The number of rotatable bonds is 3. The molecule has 9 heteroatoms. The van der Waals surface area contributed by atoms with E-state index in [9.17, 15) is 26.3 Å². The fraction of sp³-hybridized carbons (Fsp3) is 0.308. The molecule has 0 aliphatic heterocycles. The molecule has 1 aromatic carbocycles. The van der Waals surface area contributed by atoms with Crippen molar-refractivity contribution in [2.24, 2.45) is 0 Å². The molecule has 0 bridgehead atoms. The lowest BCUT2D eigenvalue weighted by Crippen LogP contribution is -2.18. The number of hydrogen-bond donors (Lipinski definition) is 1. The van der Waals surface area contributed by atoms with Crippen LogP contribution in [-0.4, -0.2) is 20.8 Å². The Morgan fingerprint density at radius 2 is 1.59 bits per heavy atom. The summed E-state index contributed by atoms with van der Waals surface area (Å²) in [7, 11) is 0. The fourth-order valence-corrected chi connectivity index (χ4v) is 1.86. The number of benzene rings is 1. The first-order valence-electron chi connectivity index (χ1n) is 6.01. The van der Waals surface area contributed by atoms with Gasteiger partial charge < -0.3 is 9.67 Å². The summed E-state index contributed by atoms with van der Waals surface area (Å²) in [4.78, 5) is 3.27. The normalized spacial score (nSPS) is 12.7. The van der Waals surface area contributed by atoms with Crippen molar-refractivity contribution in [3.05, 3.63) is 41.7 Å². The van der Waals surface area contributed by atoms with Gasteiger partial charge in [0.05, 0.1) is 6.61 Å². The maximum Gasteiger partial charge on any atom is 0.434 e. The number of imidazole rings is 1. The van der Waals surface area contributed by atoms with Gasteiger partial charge in [0.15, 0.2) is 5.69 Å². The molecular weight excluding hydrogens is 314 g/mol. The maximum absolute atomic E-state index is 12.7. The van der Waals surface area contributed by atoms with E-state index in [1.807, 2.05) is 0 Å². The average Bonchev–Trinajstić information content (AvgIpc) is 2.80. The number of aliphatic hydroxyl groups is 1. The Kier molecular flexibility index (Phi) is 4.19. The van der Waals surface area contributed by atoms with E-state index in [0.717, 1.165) is 0 Å². The van der Waals surface area contributed by atoms with E-state index in [-0.39, 0.29) is 12.2 Å². The van der Waals surface area contributed by atoms with Crippen LogP contribution >= 0.6 is 0 Å². The SMILES string of the molecule is OCc1ccc(-c2nc(C(F)(F)F)cn2CC(F)(F)F)cc1. The molecule has 0 fully saturated rings. The van der Waals surface area contributed by atoms with E-state index < -0.39 is 30.4 Å². The van der Waals surface area contributed by atoms with Crippen molar-refractivity contribution < 1.29 is 31.4 Å². The summed E-state index contributed by atoms with van der Waals surface area (Å²) in [5, 5.41) is 8.90. The highest BCUT2D eigenvalue weighted by Gasteiger charge is 2.37. The van der Waals surface area contributed by atoms with Crippen LogP contribution in [0.4, 0.5) is 26.3 Å². The van der Waals surface area contributed by atoms with Crippen molar-refractivity contribution in [3.63, 3.8) is 0 Å². The van der Waals surface area contributed by atoms with E-state index in [1.165, 1.54) is 24.3 Å². The Bertz CT molecular complexity index is 642. The minimum atomic E-state index is -4.84. The van der Waals surface area contributed by atoms with Crippen LogP contribution in [0, 0.1) is 0 Å². The molecule has 0 amide bonds. The van der Waals surface area contributed by atoms with Crippen LogP contribution in [0.25, 0.3) is 11.4 Å². The van der Waals surface area contributed by atoms with Gasteiger partial charge in [0.1, 0.15) is 12.4 Å². The van der Waals surface area contributed by atoms with Crippen LogP contribution in [0.2, 0.25) is 0 Å². The van der Waals surface area contributed by atoms with Crippen molar-refractivity contribution in [2.75, 3.05) is 0 Å². The van der Waals surface area contributed by atoms with Crippen molar-refractivity contribution in [3.8, 4) is 11.4 Å². The number of alkyl halides is 6. The van der Waals surface area contributed by atoms with Gasteiger partial charge in [-0.3, -0.25) is 0 Å². The molecule has 0 unspecified atom stereocenters. The first kappa shape index (κ1) is 16.3. The molecule has 2 aromatic rings. The van der Waals surface area contributed by atoms with Crippen molar-refractivity contribution in [1.82, 2.24) is 9.55 Å². The molecule has 22 heavy (non-hydrogen) atoms. The molecular formula is C13H10F6N2O. The minimum Gasteiger partial charge on any atom is -0.392 e. The molecule has 120 valence electrons. The smallest absolute Gasteiger partial charge is 0.392 e. The number of nitrogens with zero attached hydrogens (tertiary/aromatic N) is 2. The van der Waals surface area contributed by atoms with Crippen LogP contribution in [0.15, 0.2) is 30.5 Å². The molecule has 0 saturated carbocycles. The lowest BCUT2D eigenvalue weighted by Gasteiger charge is -2.10. The monoisotopic (exact) mass is 324 g/mol. The highest BCUT2D eigenvalue weighted by molar-refractivity contribution is 5.56. The molecule has 0 aliphatic rings. The summed E-state index contributed by atoms with van der Waals surface area (Å²) in [5.41, 5.74) is -0.816. The standard InChI is InChI=1S/C13H10F6N2O/c14-12(15,16)7-21-5-10(13(17,18)19)20-11(21)9-3-1-8(6-22)2-4-9/h1-5,22H,6-7H2. The predicted molar refractivity (Wildman–Crippen MR) is 64.6 cm³/mol. The second-order valence-corrected chi connectivity index (χ2v) is 4.55. The minimum absolute atomic E-state index is 0.0944. The molecule has 1 heterocycles. The van der Waals surface area contributed by atoms with E-state index in [0.29, 0.717) is 16.3 Å². The number of halogens is 6. The third-order valence-electron chi connectivity index (χ3n) is 2.81. The summed E-state index contributed by atoms with van der Waals surface area (Å²) in [6.07, 6.45) is -9.18. The Morgan fingerprint density at radius 3 is 2.05 bits per heavy atom. The third-order valence-corrected chi connectivity index (χ3v) is 2.81. The molecule has 3 nitrogen and oxygen atoms in total. The van der Waals surface area contributed by atoms with Gasteiger partial charge in [0.2, 0.25) is 0 Å². The molecule has 0 atom stereocenters. The van der Waals surface area contributed by atoms with Gasteiger partial charge in [0, 0.05) is 11.8 Å². The fourth-order valence-electron chi connectivity index (χ4n) is 1.86. The number of hydrogen-bond acceptors (Lipinski definition) is 2. The first-order valence-corrected chi connectivity index (χ1v) is 6.01. The average molecular weight is 324 g/mol. The zero-order valence-corrected chi connectivity index (χ0v) is 10.9. The largest absolute Gasteiger partial charge is 0.434 e. The Morgan fingerprint density at radius 1 is 1.00 bits per heavy atom. The predicted octanol–water partition coefficient (Wildman–Crippen LogP) is 3.62. The number of aliphatic hydroxyl groups excluding tert-OH is 1. The van der Waals surface area contributed by atoms with Gasteiger partial charge in [-0.05, 0) is 5.56 Å². The van der Waals surface area contributed by atoms with Crippen LogP contribution in [0.5, 0.6) is 0 Å².